The fourth-order valence-corrected chi connectivity index (χ4v) is 1.14. The molecule has 0 heterocycles. The Morgan fingerprint density at radius 1 is 1.82 bits per heavy atom. The number of carbonyl (C=O) groups excluding carboxylic acids is 1. The third kappa shape index (κ3) is 2.72. The SMILES string of the molecule is C=CCC(C)C(C)(C=O)NP. The van der Waals surface area contributed by atoms with E-state index < -0.39 is 5.54 Å². The van der Waals surface area contributed by atoms with Crippen molar-refractivity contribution in [3.05, 3.63) is 12.7 Å². The Hall–Kier alpha value is -0.200. The quantitative estimate of drug-likeness (QED) is 0.388. The summed E-state index contributed by atoms with van der Waals surface area (Å²) in [6.07, 6.45) is 3.61. The predicted octanol–water partition coefficient (Wildman–Crippen LogP) is 1.54. The van der Waals surface area contributed by atoms with Crippen LogP contribution in [0.25, 0.3) is 0 Å². The summed E-state index contributed by atoms with van der Waals surface area (Å²) >= 11 is 0. The summed E-state index contributed by atoms with van der Waals surface area (Å²) in [7, 11) is 2.37. The van der Waals surface area contributed by atoms with E-state index in [0.717, 1.165) is 12.7 Å². The monoisotopic (exact) mass is 173 g/mol. The van der Waals surface area contributed by atoms with Crippen LogP contribution < -0.4 is 5.09 Å². The highest BCUT2D eigenvalue weighted by molar-refractivity contribution is 7.13. The summed E-state index contributed by atoms with van der Waals surface area (Å²) in [4.78, 5) is 10.7. The number of rotatable bonds is 5. The molecule has 3 unspecified atom stereocenters. The average Bonchev–Trinajstić information content (AvgIpc) is 2.03. The summed E-state index contributed by atoms with van der Waals surface area (Å²) in [6.45, 7) is 7.53. The van der Waals surface area contributed by atoms with E-state index in [0.29, 0.717) is 0 Å². The summed E-state index contributed by atoms with van der Waals surface area (Å²) in [5.74, 6) is 0.273. The Balaban J connectivity index is 4.22. The van der Waals surface area contributed by atoms with Gasteiger partial charge in [-0.2, -0.15) is 0 Å². The molecule has 0 aromatic rings. The van der Waals surface area contributed by atoms with E-state index in [1.807, 2.05) is 19.9 Å². The van der Waals surface area contributed by atoms with Gasteiger partial charge in [0.15, 0.2) is 0 Å². The third-order valence-electron chi connectivity index (χ3n) is 2.10. The number of aldehydes is 1. The van der Waals surface area contributed by atoms with Crippen molar-refractivity contribution in [1.82, 2.24) is 5.09 Å². The molecule has 3 heteroatoms. The molecule has 0 fully saturated rings. The van der Waals surface area contributed by atoms with E-state index in [-0.39, 0.29) is 5.92 Å². The molecule has 0 aliphatic heterocycles. The summed E-state index contributed by atoms with van der Waals surface area (Å²) in [5, 5.41) is 2.91. The van der Waals surface area contributed by atoms with Crippen LogP contribution in [-0.2, 0) is 4.79 Å². The van der Waals surface area contributed by atoms with Crippen molar-refractivity contribution in [3.63, 3.8) is 0 Å². The first-order chi connectivity index (χ1) is 5.10. The molecule has 0 amide bonds. The third-order valence-corrected chi connectivity index (χ3v) is 2.72. The maximum atomic E-state index is 10.7. The Morgan fingerprint density at radius 2 is 2.36 bits per heavy atom. The first-order valence-corrected chi connectivity index (χ1v) is 4.23. The van der Waals surface area contributed by atoms with Gasteiger partial charge in [-0.25, -0.2) is 0 Å². The summed E-state index contributed by atoms with van der Waals surface area (Å²) < 4.78 is 0. The summed E-state index contributed by atoms with van der Waals surface area (Å²) in [5.41, 5.74) is -0.446. The zero-order valence-electron chi connectivity index (χ0n) is 7.13. The van der Waals surface area contributed by atoms with Crippen LogP contribution in [0.1, 0.15) is 20.3 Å². The highest BCUT2D eigenvalue weighted by Gasteiger charge is 2.27. The Labute approximate surface area is 70.7 Å². The predicted molar refractivity (Wildman–Crippen MR) is 51.3 cm³/mol. The van der Waals surface area contributed by atoms with E-state index in [9.17, 15) is 4.79 Å². The smallest absolute Gasteiger partial charge is 0.140 e. The lowest BCUT2D eigenvalue weighted by molar-refractivity contribution is -0.113. The molecular weight excluding hydrogens is 157 g/mol. The Bertz CT molecular complexity index is 149. The Kier molecular flexibility index (Phi) is 4.55. The van der Waals surface area contributed by atoms with Crippen molar-refractivity contribution in [2.24, 2.45) is 5.92 Å². The number of nitrogens with one attached hydrogen (secondary N) is 1. The Morgan fingerprint density at radius 3 is 2.64 bits per heavy atom. The highest BCUT2D eigenvalue weighted by Crippen LogP contribution is 2.19. The highest BCUT2D eigenvalue weighted by atomic mass is 31.0. The van der Waals surface area contributed by atoms with Gasteiger partial charge in [0.25, 0.3) is 0 Å². The molecule has 0 aromatic heterocycles. The van der Waals surface area contributed by atoms with Crippen LogP contribution in [0, 0.1) is 5.92 Å². The van der Waals surface area contributed by atoms with Crippen LogP contribution >= 0.6 is 9.39 Å². The van der Waals surface area contributed by atoms with Gasteiger partial charge in [-0.15, -0.1) is 6.58 Å². The number of allylic oxidation sites excluding steroid dienone is 1. The molecule has 64 valence electrons. The van der Waals surface area contributed by atoms with Crippen molar-refractivity contribution < 1.29 is 4.79 Å². The molecule has 1 N–H and O–H groups in total. The van der Waals surface area contributed by atoms with E-state index in [1.165, 1.54) is 0 Å². The lowest BCUT2D eigenvalue weighted by atomic mass is 9.87. The van der Waals surface area contributed by atoms with Crippen molar-refractivity contribution in [3.8, 4) is 0 Å². The van der Waals surface area contributed by atoms with Crippen LogP contribution in [0.4, 0.5) is 0 Å². The van der Waals surface area contributed by atoms with Crippen LogP contribution in [0.5, 0.6) is 0 Å². The van der Waals surface area contributed by atoms with E-state index in [2.05, 4.69) is 21.1 Å². The molecule has 0 radical (unpaired) electrons. The second kappa shape index (κ2) is 4.63. The lowest BCUT2D eigenvalue weighted by Crippen LogP contribution is -2.44. The number of hydrogen-bond donors (Lipinski definition) is 1. The van der Waals surface area contributed by atoms with Crippen molar-refractivity contribution in [1.29, 1.82) is 0 Å². The van der Waals surface area contributed by atoms with Gasteiger partial charge in [0, 0.05) is 0 Å². The topological polar surface area (TPSA) is 29.1 Å². The maximum absolute atomic E-state index is 10.7. The van der Waals surface area contributed by atoms with Crippen molar-refractivity contribution >= 4 is 15.7 Å². The van der Waals surface area contributed by atoms with E-state index in [1.54, 1.807) is 0 Å². The normalized spacial score (nSPS) is 18.5. The molecule has 0 bridgehead atoms. The van der Waals surface area contributed by atoms with Gasteiger partial charge in [0.2, 0.25) is 0 Å². The second-order valence-electron chi connectivity index (χ2n) is 2.97. The first kappa shape index (κ1) is 10.8. The maximum Gasteiger partial charge on any atom is 0.140 e. The van der Waals surface area contributed by atoms with Crippen molar-refractivity contribution in [2.75, 3.05) is 0 Å². The minimum atomic E-state index is -0.446. The molecule has 0 saturated heterocycles. The van der Waals surface area contributed by atoms with Gasteiger partial charge in [0.05, 0.1) is 5.54 Å². The zero-order valence-corrected chi connectivity index (χ0v) is 8.29. The minimum Gasteiger partial charge on any atom is -0.301 e. The first-order valence-electron chi connectivity index (χ1n) is 3.65. The molecule has 0 aromatic carbocycles. The van der Waals surface area contributed by atoms with Gasteiger partial charge in [-0.3, -0.25) is 5.09 Å². The fourth-order valence-electron chi connectivity index (χ4n) is 0.787. The van der Waals surface area contributed by atoms with Crippen LogP contribution in [-0.4, -0.2) is 11.8 Å². The largest absolute Gasteiger partial charge is 0.301 e. The van der Waals surface area contributed by atoms with Crippen LogP contribution in [0.3, 0.4) is 0 Å². The zero-order chi connectivity index (χ0) is 8.91. The van der Waals surface area contributed by atoms with Gasteiger partial charge in [-0.05, 0) is 19.3 Å². The molecule has 3 atom stereocenters. The van der Waals surface area contributed by atoms with Crippen LogP contribution in [0.2, 0.25) is 0 Å². The minimum absolute atomic E-state index is 0.273. The van der Waals surface area contributed by atoms with Gasteiger partial charge in [-0.1, -0.05) is 22.4 Å². The molecule has 0 saturated carbocycles. The summed E-state index contributed by atoms with van der Waals surface area (Å²) in [6, 6.07) is 0. The van der Waals surface area contributed by atoms with Gasteiger partial charge < -0.3 is 4.79 Å². The number of carbonyl (C=O) groups is 1. The van der Waals surface area contributed by atoms with E-state index in [4.69, 9.17) is 0 Å². The second-order valence-corrected chi connectivity index (χ2v) is 3.26. The molecule has 0 aliphatic carbocycles. The molecule has 11 heavy (non-hydrogen) atoms. The molecule has 0 spiro atoms. The van der Waals surface area contributed by atoms with Crippen molar-refractivity contribution in [2.45, 2.75) is 25.8 Å². The van der Waals surface area contributed by atoms with Crippen LogP contribution in [0.15, 0.2) is 12.7 Å². The van der Waals surface area contributed by atoms with Gasteiger partial charge >= 0.3 is 0 Å². The average molecular weight is 173 g/mol. The molecule has 0 rings (SSSR count). The molecule has 2 nitrogen and oxygen atoms in total. The molecule has 0 aliphatic rings. The lowest BCUT2D eigenvalue weighted by Gasteiger charge is -2.28. The van der Waals surface area contributed by atoms with E-state index >= 15 is 0 Å². The fraction of sp³-hybridized carbons (Fsp3) is 0.625. The molecular formula is C8H16NOP. The number of hydrogen-bond acceptors (Lipinski definition) is 2. The standard InChI is InChI=1S/C8H16NOP/c1-4-5-7(2)8(3,6-10)9-11/h4,6-7,9H,1,5,11H2,2-3H3. The van der Waals surface area contributed by atoms with Gasteiger partial charge in [0.1, 0.15) is 6.29 Å².